The summed E-state index contributed by atoms with van der Waals surface area (Å²) in [5.41, 5.74) is 2.59. The fourth-order valence-electron chi connectivity index (χ4n) is 4.14. The molecule has 0 amide bonds. The maximum absolute atomic E-state index is 2.34. The third-order valence-corrected chi connectivity index (χ3v) is 8.18. The molecule has 3 aromatic carbocycles. The molecule has 5 aromatic rings. The van der Waals surface area contributed by atoms with Crippen molar-refractivity contribution in [3.63, 3.8) is 0 Å². The Balaban J connectivity index is 1.85. The van der Waals surface area contributed by atoms with Gasteiger partial charge in [-0.1, -0.05) is 71.9 Å². The van der Waals surface area contributed by atoms with Gasteiger partial charge in [-0.05, 0) is 33.3 Å². The lowest BCUT2D eigenvalue weighted by atomic mass is 10.2. The molecule has 0 saturated carbocycles. The normalized spacial score (nSPS) is 11.7. The van der Waals surface area contributed by atoms with Crippen molar-refractivity contribution in [1.82, 2.24) is 9.13 Å². The predicted octanol–water partition coefficient (Wildman–Crippen LogP) is 3.19. The number of aryl methyl sites for hydroxylation is 2. The molecule has 0 fully saturated rings. The molecule has 1 radical (unpaired) electrons. The van der Waals surface area contributed by atoms with E-state index >= 15 is 0 Å². The molecule has 0 N–H and O–H groups in total. The summed E-state index contributed by atoms with van der Waals surface area (Å²) >= 11 is 0. The molecule has 0 aliphatic heterocycles. The summed E-state index contributed by atoms with van der Waals surface area (Å²) in [7, 11) is 3.18. The van der Waals surface area contributed by atoms with Crippen molar-refractivity contribution in [2.45, 2.75) is 0 Å². The molecule has 131 valence electrons. The van der Waals surface area contributed by atoms with E-state index in [0.717, 1.165) is 0 Å². The third-order valence-electron chi connectivity index (χ3n) is 5.40. The van der Waals surface area contributed by atoms with Gasteiger partial charge in [-0.2, -0.15) is 0 Å². The molecule has 0 unspecified atom stereocenters. The molecule has 2 aromatic heterocycles. The van der Waals surface area contributed by atoms with Crippen LogP contribution in [0.4, 0.5) is 0 Å². The van der Waals surface area contributed by atoms with E-state index in [1.165, 1.54) is 37.4 Å². The van der Waals surface area contributed by atoms with E-state index in [-0.39, 0.29) is 0 Å². The maximum atomic E-state index is 2.34. The number of hydrogen-bond donors (Lipinski definition) is 0. The maximum Gasteiger partial charge on any atom is 0.160 e. The Morgan fingerprint density at radius 3 is 1.52 bits per heavy atom. The number of hydrogen-bond acceptors (Lipinski definition) is 0. The van der Waals surface area contributed by atoms with Gasteiger partial charge in [-0.15, -0.1) is 0 Å². The van der Waals surface area contributed by atoms with Gasteiger partial charge in [0, 0.05) is 37.5 Å². The third kappa shape index (κ3) is 2.54. The Hall–Kier alpha value is -3.04. The summed E-state index contributed by atoms with van der Waals surface area (Å²) in [5.74, 6) is 0. The van der Waals surface area contributed by atoms with Gasteiger partial charge in [0.25, 0.3) is 0 Å². The summed E-state index contributed by atoms with van der Waals surface area (Å²) < 4.78 is 4.53. The number of para-hydroxylation sites is 2. The minimum atomic E-state index is -1.13. The van der Waals surface area contributed by atoms with Crippen LogP contribution in [0, 0.1) is 0 Å². The summed E-state index contributed by atoms with van der Waals surface area (Å²) in [5, 5.41) is 7.08. The highest BCUT2D eigenvalue weighted by Gasteiger charge is 2.26. The van der Waals surface area contributed by atoms with Crippen LogP contribution >= 0.6 is 0 Å². The predicted molar refractivity (Wildman–Crippen MR) is 117 cm³/mol. The first-order chi connectivity index (χ1) is 13.2. The first kappa shape index (κ1) is 16.2. The number of fused-ring (bicyclic) bond motifs is 2. The second kappa shape index (κ2) is 6.29. The monoisotopic (exact) mass is 365 g/mol. The first-order valence-electron chi connectivity index (χ1n) is 9.25. The van der Waals surface area contributed by atoms with E-state index in [9.17, 15) is 0 Å². The van der Waals surface area contributed by atoms with Crippen LogP contribution < -0.4 is 15.6 Å². The van der Waals surface area contributed by atoms with Crippen LogP contribution in [0.3, 0.4) is 0 Å². The number of rotatable bonds is 3. The Morgan fingerprint density at radius 2 is 1.00 bits per heavy atom. The molecule has 5 rings (SSSR count). The molecule has 0 saturated heterocycles. The smallest absolute Gasteiger partial charge is 0.160 e. The zero-order valence-electron chi connectivity index (χ0n) is 15.6. The van der Waals surface area contributed by atoms with E-state index in [2.05, 4.69) is 114 Å². The van der Waals surface area contributed by atoms with E-state index < -0.39 is 8.80 Å². The van der Waals surface area contributed by atoms with E-state index in [1.807, 2.05) is 0 Å². The zero-order chi connectivity index (χ0) is 18.4. The summed E-state index contributed by atoms with van der Waals surface area (Å²) in [6.45, 7) is 0. The SMILES string of the molecule is Cn1cc([Si](c2ccccc2)c2cn(C)c3ccccc23)c2ccccc21. The first-order valence-corrected chi connectivity index (χ1v) is 10.8. The Morgan fingerprint density at radius 1 is 0.556 bits per heavy atom. The molecule has 0 bridgehead atoms. The Kier molecular flexibility index (Phi) is 3.76. The summed E-state index contributed by atoms with van der Waals surface area (Å²) in [6.07, 6.45) is 4.68. The molecule has 2 nitrogen and oxygen atoms in total. The minimum absolute atomic E-state index is 1.13. The van der Waals surface area contributed by atoms with E-state index in [1.54, 1.807) is 0 Å². The van der Waals surface area contributed by atoms with Gasteiger partial charge in [0.15, 0.2) is 8.80 Å². The summed E-state index contributed by atoms with van der Waals surface area (Å²) in [6, 6.07) is 28.5. The topological polar surface area (TPSA) is 9.86 Å². The Labute approximate surface area is 160 Å². The van der Waals surface area contributed by atoms with Gasteiger partial charge in [-0.3, -0.25) is 0 Å². The Bertz CT molecular complexity index is 1170. The molecular formula is C24H21N2Si. The van der Waals surface area contributed by atoms with Crippen LogP contribution in [-0.4, -0.2) is 17.9 Å². The lowest BCUT2D eigenvalue weighted by Crippen LogP contribution is -2.51. The molecular weight excluding hydrogens is 344 g/mol. The van der Waals surface area contributed by atoms with Crippen molar-refractivity contribution < 1.29 is 0 Å². The van der Waals surface area contributed by atoms with Crippen LogP contribution in [0.1, 0.15) is 0 Å². The number of benzene rings is 3. The summed E-state index contributed by atoms with van der Waals surface area (Å²) in [4.78, 5) is 0. The van der Waals surface area contributed by atoms with Crippen molar-refractivity contribution in [3.8, 4) is 0 Å². The van der Waals surface area contributed by atoms with E-state index in [4.69, 9.17) is 0 Å². The largest absolute Gasteiger partial charge is 0.351 e. The lowest BCUT2D eigenvalue weighted by Gasteiger charge is -2.15. The highest BCUT2D eigenvalue weighted by Crippen LogP contribution is 2.17. The molecule has 27 heavy (non-hydrogen) atoms. The molecule has 2 heterocycles. The highest BCUT2D eigenvalue weighted by atomic mass is 28.3. The zero-order valence-corrected chi connectivity index (χ0v) is 16.6. The fourth-order valence-corrected chi connectivity index (χ4v) is 7.19. The van der Waals surface area contributed by atoms with Gasteiger partial charge in [0.2, 0.25) is 0 Å². The fraction of sp³-hybridized carbons (Fsp3) is 0.0833. The van der Waals surface area contributed by atoms with Crippen LogP contribution in [0.15, 0.2) is 91.3 Å². The molecule has 0 atom stereocenters. The highest BCUT2D eigenvalue weighted by molar-refractivity contribution is 6.98. The van der Waals surface area contributed by atoms with Gasteiger partial charge in [0.1, 0.15) is 0 Å². The quantitative estimate of drug-likeness (QED) is 0.435. The molecule has 0 aliphatic rings. The molecule has 0 aliphatic carbocycles. The molecule has 0 spiro atoms. The van der Waals surface area contributed by atoms with Crippen molar-refractivity contribution in [2.75, 3.05) is 0 Å². The van der Waals surface area contributed by atoms with Gasteiger partial charge >= 0.3 is 0 Å². The van der Waals surface area contributed by atoms with Gasteiger partial charge in [0.05, 0.1) is 0 Å². The second-order valence-electron chi connectivity index (χ2n) is 7.08. The molecule has 3 heteroatoms. The van der Waals surface area contributed by atoms with Crippen LogP contribution in [-0.2, 0) is 14.1 Å². The van der Waals surface area contributed by atoms with Crippen molar-refractivity contribution in [2.24, 2.45) is 14.1 Å². The van der Waals surface area contributed by atoms with E-state index in [0.29, 0.717) is 0 Å². The van der Waals surface area contributed by atoms with Crippen LogP contribution in [0.5, 0.6) is 0 Å². The van der Waals surface area contributed by atoms with Crippen LogP contribution in [0.2, 0.25) is 0 Å². The second-order valence-corrected chi connectivity index (χ2v) is 9.49. The average Bonchev–Trinajstić information content (AvgIpc) is 3.22. The van der Waals surface area contributed by atoms with Gasteiger partial charge < -0.3 is 9.13 Å². The number of nitrogens with zero attached hydrogens (tertiary/aromatic N) is 2. The van der Waals surface area contributed by atoms with Crippen molar-refractivity contribution >= 4 is 46.2 Å². The van der Waals surface area contributed by atoms with Crippen LogP contribution in [0.25, 0.3) is 21.8 Å². The standard InChI is InChI=1S/C24H21N2Si/c1-25-16-23(19-12-6-8-14-21(19)25)27(18-10-4-3-5-11-18)24-17-26(2)22-15-9-7-13-20(22)24/h3-17H,1-2H3. The van der Waals surface area contributed by atoms with Crippen molar-refractivity contribution in [3.05, 3.63) is 91.3 Å². The minimum Gasteiger partial charge on any atom is -0.351 e. The van der Waals surface area contributed by atoms with Crippen molar-refractivity contribution in [1.29, 1.82) is 0 Å². The average molecular weight is 366 g/mol. The number of aromatic nitrogens is 2. The van der Waals surface area contributed by atoms with Gasteiger partial charge in [-0.25, -0.2) is 0 Å². The lowest BCUT2D eigenvalue weighted by molar-refractivity contribution is 0.971.